The van der Waals surface area contributed by atoms with Crippen LogP contribution in [0, 0.1) is 0 Å². The summed E-state index contributed by atoms with van der Waals surface area (Å²) in [7, 11) is 0. The second-order valence-electron chi connectivity index (χ2n) is 6.25. The molecule has 0 saturated carbocycles. The third kappa shape index (κ3) is 5.37. The van der Waals surface area contributed by atoms with Crippen molar-refractivity contribution in [3.8, 4) is 0 Å². The van der Waals surface area contributed by atoms with Gasteiger partial charge in [-0.25, -0.2) is 16.3 Å². The summed E-state index contributed by atoms with van der Waals surface area (Å²) in [5.74, 6) is 0. The van der Waals surface area contributed by atoms with Crippen molar-refractivity contribution in [2.24, 2.45) is 0 Å². The van der Waals surface area contributed by atoms with Crippen LogP contribution in [0.3, 0.4) is 0 Å². The minimum Gasteiger partial charge on any atom is -0.314 e. The zero-order chi connectivity index (χ0) is 15.0. The molecule has 0 aliphatic carbocycles. The molecule has 0 aromatic heterocycles. The van der Waals surface area contributed by atoms with Crippen molar-refractivity contribution in [3.63, 3.8) is 0 Å². The summed E-state index contributed by atoms with van der Waals surface area (Å²) >= 11 is 0. The van der Waals surface area contributed by atoms with Gasteiger partial charge in [-0.3, -0.25) is 0 Å². The molecule has 3 heterocycles. The molecule has 0 aromatic carbocycles. The van der Waals surface area contributed by atoms with Crippen LogP contribution in [0.25, 0.3) is 0 Å². The van der Waals surface area contributed by atoms with Crippen molar-refractivity contribution in [1.29, 1.82) is 0 Å². The van der Waals surface area contributed by atoms with Crippen molar-refractivity contribution >= 4 is 0 Å². The molecule has 0 spiro atoms. The molecule has 9 nitrogen and oxygen atoms in total. The van der Waals surface area contributed by atoms with E-state index in [2.05, 4.69) is 42.9 Å². The highest BCUT2D eigenvalue weighted by Crippen LogP contribution is 1.91. The first kappa shape index (κ1) is 16.5. The van der Waals surface area contributed by atoms with Crippen molar-refractivity contribution in [2.45, 2.75) is 18.1 Å². The minimum absolute atomic E-state index is 0.507. The first-order chi connectivity index (χ1) is 10.9. The number of nitrogens with zero attached hydrogens (tertiary/aromatic N) is 1. The molecule has 0 unspecified atom stereocenters. The van der Waals surface area contributed by atoms with Gasteiger partial charge in [-0.2, -0.15) is 0 Å². The van der Waals surface area contributed by atoms with E-state index in [0.717, 1.165) is 65.4 Å². The van der Waals surface area contributed by atoms with Gasteiger partial charge in [0, 0.05) is 83.6 Å². The zero-order valence-corrected chi connectivity index (χ0v) is 13.3. The first-order valence-electron chi connectivity index (χ1n) is 8.52. The highest BCUT2D eigenvalue weighted by atomic mass is 15.9. The summed E-state index contributed by atoms with van der Waals surface area (Å²) in [4.78, 5) is 0. The lowest BCUT2D eigenvalue weighted by molar-refractivity contribution is 0.0191. The standard InChI is InChI=1S/C13H31N9/c1(17-11-5-14-6-11)3-19-22(21-13-9-16-10-13)20-4-2-18-12-7-15-8-12/h11-21H,1-10H2. The highest BCUT2D eigenvalue weighted by molar-refractivity contribution is 4.82. The molecule has 9 heteroatoms. The van der Waals surface area contributed by atoms with E-state index in [1.807, 2.05) is 5.23 Å². The van der Waals surface area contributed by atoms with E-state index in [1.54, 1.807) is 0 Å². The van der Waals surface area contributed by atoms with Crippen LogP contribution in [0.2, 0.25) is 0 Å². The molecule has 3 saturated heterocycles. The number of hydrazine groups is 3. The van der Waals surface area contributed by atoms with Crippen molar-refractivity contribution < 1.29 is 0 Å². The summed E-state index contributed by atoms with van der Waals surface area (Å²) in [6, 6.07) is 1.80. The molecular weight excluding hydrogens is 282 g/mol. The van der Waals surface area contributed by atoms with Crippen LogP contribution in [0.15, 0.2) is 0 Å². The monoisotopic (exact) mass is 313 g/mol. The Morgan fingerprint density at radius 1 is 0.636 bits per heavy atom. The van der Waals surface area contributed by atoms with Crippen LogP contribution in [0.4, 0.5) is 0 Å². The SMILES string of the molecule is C(CNN(NCCNC1CNC1)NC1CNC1)NC1CNC1. The largest absolute Gasteiger partial charge is 0.314 e. The summed E-state index contributed by atoms with van der Waals surface area (Å²) in [6.07, 6.45) is 0. The average molecular weight is 313 g/mol. The lowest BCUT2D eigenvalue weighted by Gasteiger charge is -2.35. The Morgan fingerprint density at radius 3 is 1.45 bits per heavy atom. The number of hydrogen-bond donors (Lipinski definition) is 8. The number of nitrogens with one attached hydrogen (secondary N) is 8. The summed E-state index contributed by atoms with van der Waals surface area (Å²) in [5, 5.41) is 18.8. The molecule has 8 N–H and O–H groups in total. The van der Waals surface area contributed by atoms with Crippen molar-refractivity contribution in [1.82, 2.24) is 48.1 Å². The average Bonchev–Trinajstić information content (AvgIpc) is 2.37. The van der Waals surface area contributed by atoms with Crippen LogP contribution in [0.1, 0.15) is 0 Å². The molecule has 3 rings (SSSR count). The van der Waals surface area contributed by atoms with Crippen LogP contribution in [-0.4, -0.2) is 88.8 Å². The molecule has 3 aliphatic rings. The van der Waals surface area contributed by atoms with Gasteiger partial charge in [0.2, 0.25) is 0 Å². The molecule has 3 aliphatic heterocycles. The van der Waals surface area contributed by atoms with Crippen LogP contribution in [0.5, 0.6) is 0 Å². The van der Waals surface area contributed by atoms with E-state index in [9.17, 15) is 0 Å². The summed E-state index contributed by atoms with van der Waals surface area (Å²) in [6.45, 7) is 10.2. The maximum atomic E-state index is 3.51. The second kappa shape index (κ2) is 9.06. The third-order valence-electron chi connectivity index (χ3n) is 4.31. The zero-order valence-electron chi connectivity index (χ0n) is 13.3. The quantitative estimate of drug-likeness (QED) is 0.135. The predicted molar refractivity (Wildman–Crippen MR) is 87.0 cm³/mol. The van der Waals surface area contributed by atoms with Gasteiger partial charge in [-0.15, -0.1) is 5.23 Å². The van der Waals surface area contributed by atoms with Gasteiger partial charge >= 0.3 is 0 Å². The Morgan fingerprint density at radius 2 is 1.09 bits per heavy atom. The Hall–Kier alpha value is -0.360. The van der Waals surface area contributed by atoms with E-state index in [4.69, 9.17) is 0 Å². The van der Waals surface area contributed by atoms with E-state index < -0.39 is 0 Å². The molecule has 0 bridgehead atoms. The van der Waals surface area contributed by atoms with Gasteiger partial charge in [0.05, 0.1) is 0 Å². The molecule has 0 amide bonds. The molecular formula is C13H31N9. The summed E-state index contributed by atoms with van der Waals surface area (Å²) in [5.41, 5.74) is 10.3. The van der Waals surface area contributed by atoms with Crippen LogP contribution >= 0.6 is 0 Å². The normalized spacial score (nSPS) is 23.3. The minimum atomic E-state index is 0.507. The van der Waals surface area contributed by atoms with Crippen molar-refractivity contribution in [2.75, 3.05) is 65.4 Å². The highest BCUT2D eigenvalue weighted by Gasteiger charge is 2.20. The topological polar surface area (TPSA) is 99.5 Å². The molecule has 0 atom stereocenters. The molecule has 0 radical (unpaired) electrons. The molecule has 22 heavy (non-hydrogen) atoms. The van der Waals surface area contributed by atoms with E-state index in [1.165, 1.54) is 0 Å². The lowest BCUT2D eigenvalue weighted by Crippen LogP contribution is -2.68. The van der Waals surface area contributed by atoms with E-state index >= 15 is 0 Å². The maximum absolute atomic E-state index is 3.51. The van der Waals surface area contributed by atoms with E-state index in [-0.39, 0.29) is 0 Å². The number of hydrogen-bond acceptors (Lipinski definition) is 9. The van der Waals surface area contributed by atoms with Crippen molar-refractivity contribution in [3.05, 3.63) is 0 Å². The first-order valence-corrected chi connectivity index (χ1v) is 8.52. The predicted octanol–water partition coefficient (Wildman–Crippen LogP) is -4.10. The van der Waals surface area contributed by atoms with Gasteiger partial charge in [-0.05, 0) is 0 Å². The fourth-order valence-corrected chi connectivity index (χ4v) is 2.46. The Balaban J connectivity index is 1.25. The van der Waals surface area contributed by atoms with Gasteiger partial charge in [0.25, 0.3) is 0 Å². The second-order valence-corrected chi connectivity index (χ2v) is 6.25. The number of rotatable bonds is 12. The molecule has 3 fully saturated rings. The Bertz CT molecular complexity index is 282. The van der Waals surface area contributed by atoms with Gasteiger partial charge in [-0.1, -0.05) is 0 Å². The maximum Gasteiger partial charge on any atom is 0.0491 e. The lowest BCUT2D eigenvalue weighted by atomic mass is 10.2. The van der Waals surface area contributed by atoms with Gasteiger partial charge < -0.3 is 26.6 Å². The Kier molecular flexibility index (Phi) is 6.80. The molecule has 128 valence electrons. The van der Waals surface area contributed by atoms with Crippen LogP contribution < -0.4 is 42.9 Å². The van der Waals surface area contributed by atoms with Gasteiger partial charge in [0.1, 0.15) is 0 Å². The van der Waals surface area contributed by atoms with Crippen LogP contribution in [-0.2, 0) is 0 Å². The fraction of sp³-hybridized carbons (Fsp3) is 1.00. The van der Waals surface area contributed by atoms with E-state index in [0.29, 0.717) is 18.1 Å². The fourth-order valence-electron chi connectivity index (χ4n) is 2.46. The smallest absolute Gasteiger partial charge is 0.0491 e. The third-order valence-corrected chi connectivity index (χ3v) is 4.31. The Labute approximate surface area is 132 Å². The molecule has 0 aromatic rings. The van der Waals surface area contributed by atoms with Gasteiger partial charge in [0.15, 0.2) is 0 Å². The summed E-state index contributed by atoms with van der Waals surface area (Å²) < 4.78 is 0.